The molecule has 0 fully saturated rings. The van der Waals surface area contributed by atoms with E-state index in [1.54, 1.807) is 0 Å². The van der Waals surface area contributed by atoms with Crippen LogP contribution in [0, 0.1) is 0 Å². The summed E-state index contributed by atoms with van der Waals surface area (Å²) in [5, 5.41) is 10.1. The van der Waals surface area contributed by atoms with Gasteiger partial charge < -0.3 is 31.3 Å². The van der Waals surface area contributed by atoms with Gasteiger partial charge in [-0.2, -0.15) is 0 Å². The molecule has 0 rings (SSSR count). The third-order valence-corrected chi connectivity index (χ3v) is 19.3. The van der Waals surface area contributed by atoms with E-state index in [1.165, 1.54) is 0 Å². The SMILES string of the molecule is C[Si](C)(C)[N-]N([Si](C)(C)C)[Si](C)(C)C.C[Si](C)(C)[N-]N([Si](C)(C)C)[Si](C)(C)C.[Bi+3].[Cl-]. The van der Waals surface area contributed by atoms with Gasteiger partial charge in [0.1, 0.15) is 0 Å². The van der Waals surface area contributed by atoms with Crippen molar-refractivity contribution in [3.05, 3.63) is 10.2 Å². The maximum atomic E-state index is 5.05. The van der Waals surface area contributed by atoms with Crippen molar-refractivity contribution in [1.82, 2.24) is 8.68 Å². The smallest absolute Gasteiger partial charge is 1.00 e. The number of hydrogen-bond acceptors (Lipinski definition) is 2. The van der Waals surface area contributed by atoms with Crippen LogP contribution in [0.3, 0.4) is 0 Å². The molecule has 0 bridgehead atoms. The molecule has 0 saturated carbocycles. The van der Waals surface area contributed by atoms with E-state index in [2.05, 4.69) is 127 Å². The molecule has 0 aromatic heterocycles. The van der Waals surface area contributed by atoms with E-state index in [4.69, 9.17) is 10.2 Å². The summed E-state index contributed by atoms with van der Waals surface area (Å²) < 4.78 is 5.10. The molecule has 12 heteroatoms. The zero-order valence-electron chi connectivity index (χ0n) is 23.6. The first kappa shape index (κ1) is 39.5. The van der Waals surface area contributed by atoms with Gasteiger partial charge in [0.25, 0.3) is 0 Å². The quantitative estimate of drug-likeness (QED) is 0.266. The minimum Gasteiger partial charge on any atom is -1.00 e. The molecule has 4 nitrogen and oxygen atoms in total. The van der Waals surface area contributed by atoms with Gasteiger partial charge in [0, 0.05) is 0 Å². The topological polar surface area (TPSA) is 34.7 Å². The van der Waals surface area contributed by atoms with Crippen LogP contribution < -0.4 is 12.4 Å². The van der Waals surface area contributed by atoms with Crippen molar-refractivity contribution >= 4 is 75.6 Å². The predicted octanol–water partition coefficient (Wildman–Crippen LogP) is 4.79. The van der Waals surface area contributed by atoms with Gasteiger partial charge in [0.2, 0.25) is 0 Å². The third kappa shape index (κ3) is 19.8. The Morgan fingerprint density at radius 2 is 0.500 bits per heavy atom. The molecule has 0 aromatic carbocycles. The fourth-order valence-electron chi connectivity index (χ4n) is 3.21. The van der Waals surface area contributed by atoms with Crippen LogP contribution in [0.25, 0.3) is 10.2 Å². The molecule has 182 valence electrons. The average Bonchev–Trinajstić information content (AvgIpc) is 2.26. The van der Waals surface area contributed by atoms with Crippen LogP contribution in [-0.2, 0) is 0 Å². The second-order valence-corrected chi connectivity index (χ2v) is 42.9. The second kappa shape index (κ2) is 13.4. The Bertz CT molecular complexity index is 400. The van der Waals surface area contributed by atoms with E-state index in [0.717, 1.165) is 0 Å². The molecule has 30 heavy (non-hydrogen) atoms. The van der Waals surface area contributed by atoms with Crippen molar-refractivity contribution in [2.24, 2.45) is 0 Å². The molecule has 0 heterocycles. The molecule has 2 radical (unpaired) electrons. The van der Waals surface area contributed by atoms with Crippen LogP contribution >= 0.6 is 0 Å². The summed E-state index contributed by atoms with van der Waals surface area (Å²) in [4.78, 5) is 0. The van der Waals surface area contributed by atoms with Crippen LogP contribution in [0.15, 0.2) is 0 Å². The molecule has 0 spiro atoms. The largest absolute Gasteiger partial charge is 3.00 e. The molecule has 0 aliphatic heterocycles. The van der Waals surface area contributed by atoms with Gasteiger partial charge in [-0.05, 0) is 0 Å². The summed E-state index contributed by atoms with van der Waals surface area (Å²) in [5.41, 5.74) is 0. The first-order valence-electron chi connectivity index (χ1n) is 10.7. The van der Waals surface area contributed by atoms with E-state index in [-0.39, 0.29) is 38.6 Å². The van der Waals surface area contributed by atoms with Gasteiger partial charge in [0.05, 0.1) is 32.9 Å². The fraction of sp³-hybridized carbons (Fsp3) is 1.00. The van der Waals surface area contributed by atoms with Crippen LogP contribution in [0.4, 0.5) is 0 Å². The van der Waals surface area contributed by atoms with E-state index in [9.17, 15) is 0 Å². The first-order valence-corrected chi connectivity index (χ1v) is 31.4. The summed E-state index contributed by atoms with van der Waals surface area (Å²) >= 11 is 0. The minimum absolute atomic E-state index is 0. The zero-order chi connectivity index (χ0) is 23.6. The van der Waals surface area contributed by atoms with Crippen LogP contribution in [0.1, 0.15) is 0 Å². The summed E-state index contributed by atoms with van der Waals surface area (Å²) in [6.07, 6.45) is 0. The summed E-state index contributed by atoms with van der Waals surface area (Å²) in [6, 6.07) is 0. The first-order chi connectivity index (χ1) is 11.7. The Morgan fingerprint density at radius 3 is 0.533 bits per heavy atom. The molecule has 0 atom stereocenters. The van der Waals surface area contributed by atoms with Gasteiger partial charge in [-0.3, -0.25) is 0 Å². The molecular formula is C18H54BiClN4Si6. The standard InChI is InChI=1S/2C9H27N2Si3.Bi.ClH/c2*1-12(2,3)10-11(13(4,5)6)14(7,8)9;;/h2*1-9H3;;1H/q2*-1;+3;/p-1. The second-order valence-electron chi connectivity index (χ2n) is 13.8. The van der Waals surface area contributed by atoms with E-state index < -0.39 is 49.4 Å². The Balaban J connectivity index is -0.000000211. The zero-order valence-corrected chi connectivity index (χ0v) is 33.8. The van der Waals surface area contributed by atoms with Crippen LogP contribution in [0.5, 0.6) is 0 Å². The number of halogens is 1. The number of hydrogen-bond donors (Lipinski definition) is 0. The van der Waals surface area contributed by atoms with Gasteiger partial charge >= 0.3 is 26.2 Å². The van der Waals surface area contributed by atoms with E-state index in [0.29, 0.717) is 0 Å². The summed E-state index contributed by atoms with van der Waals surface area (Å²) in [7, 11) is -7.71. The van der Waals surface area contributed by atoms with E-state index in [1.807, 2.05) is 0 Å². The van der Waals surface area contributed by atoms with Crippen molar-refractivity contribution < 1.29 is 12.4 Å². The molecule has 0 unspecified atom stereocenters. The molecular weight excluding hydrogens is 685 g/mol. The molecule has 0 aromatic rings. The molecule has 0 amide bonds. The maximum Gasteiger partial charge on any atom is 3.00 e. The van der Waals surface area contributed by atoms with Crippen LogP contribution in [0.2, 0.25) is 118 Å². The Kier molecular flexibility index (Phi) is 17.7. The monoisotopic (exact) mass is 738 g/mol. The molecule has 0 aliphatic carbocycles. The summed E-state index contributed by atoms with van der Waals surface area (Å²) in [6.45, 7) is 42.7. The number of rotatable bonds is 8. The van der Waals surface area contributed by atoms with Crippen molar-refractivity contribution in [2.75, 3.05) is 0 Å². The van der Waals surface area contributed by atoms with Gasteiger partial charge in [-0.1, -0.05) is 134 Å². The maximum absolute atomic E-state index is 5.05. The van der Waals surface area contributed by atoms with E-state index >= 15 is 0 Å². The molecule has 0 N–H and O–H groups in total. The Labute approximate surface area is 223 Å². The predicted molar refractivity (Wildman–Crippen MR) is 156 cm³/mol. The molecule has 0 aliphatic rings. The number of nitrogens with zero attached hydrogens (tertiary/aromatic N) is 4. The third-order valence-electron chi connectivity index (χ3n) is 3.34. The van der Waals surface area contributed by atoms with Crippen molar-refractivity contribution in [3.63, 3.8) is 0 Å². The summed E-state index contributed by atoms with van der Waals surface area (Å²) in [5.74, 6) is 0. The Morgan fingerprint density at radius 1 is 0.367 bits per heavy atom. The average molecular weight is 740 g/mol. The van der Waals surface area contributed by atoms with Gasteiger partial charge in [-0.25, -0.2) is 0 Å². The Hall–Kier alpha value is 2.31. The van der Waals surface area contributed by atoms with Gasteiger partial charge in [-0.15, -0.1) is 0 Å². The van der Waals surface area contributed by atoms with Crippen molar-refractivity contribution in [1.29, 1.82) is 0 Å². The fourth-order valence-corrected chi connectivity index (χ4v) is 28.9. The van der Waals surface area contributed by atoms with Crippen LogP contribution in [-0.4, -0.2) is 84.3 Å². The van der Waals surface area contributed by atoms with Gasteiger partial charge in [0.15, 0.2) is 0 Å². The normalized spacial score (nSPS) is 14.0. The minimum atomic E-state index is -1.32. The van der Waals surface area contributed by atoms with Crippen molar-refractivity contribution in [3.8, 4) is 0 Å². The van der Waals surface area contributed by atoms with Crippen molar-refractivity contribution in [2.45, 2.75) is 118 Å². The molecule has 0 saturated heterocycles.